The third-order valence-electron chi connectivity index (χ3n) is 6.32. The second-order valence-corrected chi connectivity index (χ2v) is 8.88. The maximum absolute atomic E-state index is 12.8. The number of nitrogens with zero attached hydrogens (tertiary/aromatic N) is 2. The molecule has 190 valence electrons. The van der Waals surface area contributed by atoms with Crippen LogP contribution in [0.3, 0.4) is 0 Å². The van der Waals surface area contributed by atoms with Crippen LogP contribution in [0.1, 0.15) is 37.0 Å². The molecule has 1 atom stereocenters. The summed E-state index contributed by atoms with van der Waals surface area (Å²) in [5.41, 5.74) is 5.26. The number of amides is 1. The van der Waals surface area contributed by atoms with E-state index in [2.05, 4.69) is 5.32 Å². The lowest BCUT2D eigenvalue weighted by molar-refractivity contribution is 0.0858. The predicted molar refractivity (Wildman–Crippen MR) is 144 cm³/mol. The van der Waals surface area contributed by atoms with E-state index in [0.717, 1.165) is 53.5 Å². The standard InChI is InChI=1S/C30H31N3O4/c1-3-35-23-12-7-20(8-13-23)28-29(21-9-14-24(15-10-21)36-4-2)33-27-18-22(11-16-26(27)32-28)30(34)31-19-25-6-5-17-37-25/h7-16,18,25H,3-6,17,19H2,1-2H3,(H,31,34)/t25-/m1/s1. The summed E-state index contributed by atoms with van der Waals surface area (Å²) in [4.78, 5) is 22.8. The van der Waals surface area contributed by atoms with Gasteiger partial charge in [0.2, 0.25) is 0 Å². The van der Waals surface area contributed by atoms with Crippen LogP contribution in [-0.2, 0) is 4.74 Å². The van der Waals surface area contributed by atoms with E-state index in [1.165, 1.54) is 0 Å². The van der Waals surface area contributed by atoms with Crippen molar-refractivity contribution in [2.24, 2.45) is 0 Å². The number of ether oxygens (including phenoxy) is 3. The molecule has 0 aliphatic carbocycles. The van der Waals surface area contributed by atoms with Crippen LogP contribution in [0.25, 0.3) is 33.5 Å². The van der Waals surface area contributed by atoms with Crippen molar-refractivity contribution >= 4 is 16.9 Å². The van der Waals surface area contributed by atoms with Crippen molar-refractivity contribution in [1.82, 2.24) is 15.3 Å². The van der Waals surface area contributed by atoms with Crippen LogP contribution in [0.15, 0.2) is 66.7 Å². The molecular weight excluding hydrogens is 466 g/mol. The van der Waals surface area contributed by atoms with Gasteiger partial charge >= 0.3 is 0 Å². The molecule has 1 amide bonds. The van der Waals surface area contributed by atoms with Crippen LogP contribution in [0, 0.1) is 0 Å². The van der Waals surface area contributed by atoms with Gasteiger partial charge in [0.05, 0.1) is 41.7 Å². The maximum atomic E-state index is 12.8. The Morgan fingerprint density at radius 2 is 1.46 bits per heavy atom. The van der Waals surface area contributed by atoms with Gasteiger partial charge in [0, 0.05) is 29.8 Å². The van der Waals surface area contributed by atoms with Crippen LogP contribution >= 0.6 is 0 Å². The largest absolute Gasteiger partial charge is 0.494 e. The number of carbonyl (C=O) groups excluding carboxylic acids is 1. The molecule has 0 saturated carbocycles. The minimum Gasteiger partial charge on any atom is -0.494 e. The minimum absolute atomic E-state index is 0.0899. The summed E-state index contributed by atoms with van der Waals surface area (Å²) in [6.45, 7) is 6.40. The molecule has 1 aliphatic heterocycles. The Balaban J connectivity index is 1.52. The fraction of sp³-hybridized carbons (Fsp3) is 0.300. The Morgan fingerprint density at radius 1 is 0.865 bits per heavy atom. The van der Waals surface area contributed by atoms with Crippen LogP contribution in [-0.4, -0.2) is 48.3 Å². The molecule has 1 aliphatic rings. The van der Waals surface area contributed by atoms with Gasteiger partial charge in [-0.2, -0.15) is 0 Å². The maximum Gasteiger partial charge on any atom is 0.251 e. The number of hydrogen-bond donors (Lipinski definition) is 1. The van der Waals surface area contributed by atoms with Crippen molar-refractivity contribution in [3.63, 3.8) is 0 Å². The third kappa shape index (κ3) is 5.73. The fourth-order valence-corrected chi connectivity index (χ4v) is 4.46. The van der Waals surface area contributed by atoms with E-state index >= 15 is 0 Å². The number of carbonyl (C=O) groups is 1. The van der Waals surface area contributed by atoms with Crippen molar-refractivity contribution in [3.8, 4) is 34.0 Å². The molecule has 7 nitrogen and oxygen atoms in total. The number of rotatable bonds is 9. The Bertz CT molecular complexity index is 1360. The molecule has 5 rings (SSSR count). The first-order valence-corrected chi connectivity index (χ1v) is 12.8. The van der Waals surface area contributed by atoms with Crippen molar-refractivity contribution in [1.29, 1.82) is 0 Å². The molecule has 7 heteroatoms. The van der Waals surface area contributed by atoms with Crippen LogP contribution in [0.4, 0.5) is 0 Å². The smallest absolute Gasteiger partial charge is 0.251 e. The Morgan fingerprint density at radius 3 is 2.00 bits per heavy atom. The number of nitrogens with one attached hydrogen (secondary N) is 1. The first-order chi connectivity index (χ1) is 18.1. The third-order valence-corrected chi connectivity index (χ3v) is 6.32. The van der Waals surface area contributed by atoms with Gasteiger partial charge in [-0.15, -0.1) is 0 Å². The molecule has 37 heavy (non-hydrogen) atoms. The Hall–Kier alpha value is -3.97. The van der Waals surface area contributed by atoms with Gasteiger partial charge in [0.1, 0.15) is 11.5 Å². The highest BCUT2D eigenvalue weighted by atomic mass is 16.5. The van der Waals surface area contributed by atoms with Crippen molar-refractivity contribution in [2.75, 3.05) is 26.4 Å². The van der Waals surface area contributed by atoms with Gasteiger partial charge < -0.3 is 19.5 Å². The molecule has 1 N–H and O–H groups in total. The fourth-order valence-electron chi connectivity index (χ4n) is 4.46. The zero-order valence-corrected chi connectivity index (χ0v) is 21.2. The SMILES string of the molecule is CCOc1ccc(-c2nc3ccc(C(=O)NC[C@H]4CCCO4)cc3nc2-c2ccc(OCC)cc2)cc1. The summed E-state index contributed by atoms with van der Waals surface area (Å²) in [5, 5.41) is 2.98. The molecule has 2 heterocycles. The van der Waals surface area contributed by atoms with Crippen molar-refractivity contribution in [3.05, 3.63) is 72.3 Å². The molecule has 1 fully saturated rings. The van der Waals surface area contributed by atoms with Crippen molar-refractivity contribution < 1.29 is 19.0 Å². The Labute approximate surface area is 216 Å². The first kappa shape index (κ1) is 24.7. The number of fused-ring (bicyclic) bond motifs is 1. The molecule has 0 spiro atoms. The average Bonchev–Trinajstić information content (AvgIpc) is 3.46. The quantitative estimate of drug-likeness (QED) is 0.321. The molecular formula is C30H31N3O4. The first-order valence-electron chi connectivity index (χ1n) is 12.8. The lowest BCUT2D eigenvalue weighted by atomic mass is 10.0. The lowest BCUT2D eigenvalue weighted by Gasteiger charge is -2.13. The van der Waals surface area contributed by atoms with E-state index in [0.29, 0.717) is 36.4 Å². The summed E-state index contributed by atoms with van der Waals surface area (Å²) in [6, 6.07) is 21.1. The van der Waals surface area contributed by atoms with Gasteiger partial charge in [-0.1, -0.05) is 0 Å². The monoisotopic (exact) mass is 497 g/mol. The Kier molecular flexibility index (Phi) is 7.61. The summed E-state index contributed by atoms with van der Waals surface area (Å²) < 4.78 is 16.8. The van der Waals surface area contributed by atoms with Crippen LogP contribution in [0.5, 0.6) is 11.5 Å². The van der Waals surface area contributed by atoms with E-state index in [4.69, 9.17) is 24.2 Å². The van der Waals surface area contributed by atoms with E-state index in [9.17, 15) is 4.79 Å². The number of aromatic nitrogens is 2. The van der Waals surface area contributed by atoms with E-state index in [1.807, 2.05) is 68.4 Å². The number of benzene rings is 3. The number of hydrogen-bond acceptors (Lipinski definition) is 6. The molecule has 3 aromatic carbocycles. The molecule has 0 bridgehead atoms. The van der Waals surface area contributed by atoms with Crippen LogP contribution < -0.4 is 14.8 Å². The zero-order chi connectivity index (χ0) is 25.6. The van der Waals surface area contributed by atoms with Gasteiger partial charge in [-0.3, -0.25) is 4.79 Å². The molecule has 0 radical (unpaired) electrons. The predicted octanol–water partition coefficient (Wildman–Crippen LogP) is 5.67. The molecule has 4 aromatic rings. The lowest BCUT2D eigenvalue weighted by Crippen LogP contribution is -2.31. The summed E-state index contributed by atoms with van der Waals surface area (Å²) in [6.07, 6.45) is 2.10. The van der Waals surface area contributed by atoms with E-state index in [-0.39, 0.29) is 12.0 Å². The highest BCUT2D eigenvalue weighted by molar-refractivity contribution is 5.98. The van der Waals surface area contributed by atoms with Gasteiger partial charge in [0.15, 0.2) is 0 Å². The zero-order valence-electron chi connectivity index (χ0n) is 21.2. The van der Waals surface area contributed by atoms with Crippen LogP contribution in [0.2, 0.25) is 0 Å². The summed E-state index contributed by atoms with van der Waals surface area (Å²) in [7, 11) is 0. The highest BCUT2D eigenvalue weighted by Crippen LogP contribution is 2.33. The summed E-state index contributed by atoms with van der Waals surface area (Å²) >= 11 is 0. The van der Waals surface area contributed by atoms with Crippen molar-refractivity contribution in [2.45, 2.75) is 32.8 Å². The topological polar surface area (TPSA) is 82.6 Å². The highest BCUT2D eigenvalue weighted by Gasteiger charge is 2.18. The minimum atomic E-state index is -0.141. The second-order valence-electron chi connectivity index (χ2n) is 8.88. The summed E-state index contributed by atoms with van der Waals surface area (Å²) in [5.74, 6) is 1.46. The van der Waals surface area contributed by atoms with Gasteiger partial charge in [-0.25, -0.2) is 9.97 Å². The van der Waals surface area contributed by atoms with Gasteiger partial charge in [0.25, 0.3) is 5.91 Å². The van der Waals surface area contributed by atoms with E-state index in [1.54, 1.807) is 12.1 Å². The molecule has 0 unspecified atom stereocenters. The van der Waals surface area contributed by atoms with Gasteiger partial charge in [-0.05, 0) is 93.4 Å². The molecule has 1 saturated heterocycles. The molecule has 1 aromatic heterocycles. The normalized spacial score (nSPS) is 15.0. The van der Waals surface area contributed by atoms with E-state index < -0.39 is 0 Å². The average molecular weight is 498 g/mol. The second kappa shape index (κ2) is 11.4.